The highest BCUT2D eigenvalue weighted by Crippen LogP contribution is 2.25. The van der Waals surface area contributed by atoms with Crippen LogP contribution in [0.5, 0.6) is 0 Å². The third-order valence-corrected chi connectivity index (χ3v) is 6.76. The summed E-state index contributed by atoms with van der Waals surface area (Å²) in [6.45, 7) is 3.19. The van der Waals surface area contributed by atoms with Gasteiger partial charge in [0.25, 0.3) is 5.71 Å². The van der Waals surface area contributed by atoms with Gasteiger partial charge in [0.1, 0.15) is 10.7 Å². The molecule has 0 saturated heterocycles. The Hall–Kier alpha value is -2.26. The monoisotopic (exact) mass is 375 g/mol. The van der Waals surface area contributed by atoms with Crippen LogP contribution in [0.3, 0.4) is 0 Å². The van der Waals surface area contributed by atoms with Crippen molar-refractivity contribution in [2.24, 2.45) is 5.92 Å². The smallest absolute Gasteiger partial charge is 0.258 e. The molecule has 138 valence electrons. The Morgan fingerprint density at radius 3 is 3.04 bits per heavy atom. The lowest BCUT2D eigenvalue weighted by Crippen LogP contribution is -2.35. The first-order chi connectivity index (χ1) is 12.5. The standard InChI is InChI=1S/C17H21N5O3S/c1-3-15-14-8-13(9-19-17(14)25-20-15)26(23,24)21(2)10-12-4-5-16-18-6-7-22(16)11-12/h6-9,12H,3-5,10-11H2,1-2H3. The highest BCUT2D eigenvalue weighted by molar-refractivity contribution is 7.89. The van der Waals surface area contributed by atoms with E-state index in [0.29, 0.717) is 29.8 Å². The number of hydrogen-bond donors (Lipinski definition) is 0. The number of aromatic nitrogens is 4. The van der Waals surface area contributed by atoms with Gasteiger partial charge in [-0.05, 0) is 24.8 Å². The Morgan fingerprint density at radius 1 is 1.38 bits per heavy atom. The van der Waals surface area contributed by atoms with E-state index in [-0.39, 0.29) is 10.8 Å². The van der Waals surface area contributed by atoms with E-state index in [0.717, 1.165) is 25.2 Å². The van der Waals surface area contributed by atoms with E-state index in [9.17, 15) is 8.42 Å². The Kier molecular flexibility index (Phi) is 4.28. The van der Waals surface area contributed by atoms with Gasteiger partial charge >= 0.3 is 0 Å². The van der Waals surface area contributed by atoms with Gasteiger partial charge in [0.2, 0.25) is 10.0 Å². The lowest BCUT2D eigenvalue weighted by Gasteiger charge is -2.27. The Labute approximate surface area is 151 Å². The number of fused-ring (bicyclic) bond motifs is 2. The molecule has 9 heteroatoms. The van der Waals surface area contributed by atoms with Crippen LogP contribution in [0, 0.1) is 5.92 Å². The van der Waals surface area contributed by atoms with Gasteiger partial charge in [-0.15, -0.1) is 0 Å². The quantitative estimate of drug-likeness (QED) is 0.676. The molecule has 1 aliphatic rings. The Bertz CT molecular complexity index is 1040. The number of sulfonamides is 1. The predicted octanol–water partition coefficient (Wildman–Crippen LogP) is 1.86. The summed E-state index contributed by atoms with van der Waals surface area (Å²) >= 11 is 0. The zero-order chi connectivity index (χ0) is 18.3. The minimum absolute atomic E-state index is 0.171. The molecule has 26 heavy (non-hydrogen) atoms. The van der Waals surface area contributed by atoms with Crippen molar-refractivity contribution in [1.82, 2.24) is 24.0 Å². The molecule has 3 aromatic heterocycles. The van der Waals surface area contributed by atoms with Crippen molar-refractivity contribution in [2.75, 3.05) is 13.6 Å². The normalized spacial score (nSPS) is 17.7. The number of pyridine rings is 1. The molecule has 0 aliphatic carbocycles. The van der Waals surface area contributed by atoms with Gasteiger partial charge in [-0.3, -0.25) is 0 Å². The second-order valence-electron chi connectivity index (χ2n) is 6.69. The van der Waals surface area contributed by atoms with Gasteiger partial charge in [0.05, 0.1) is 17.3 Å². The molecule has 4 rings (SSSR count). The first-order valence-electron chi connectivity index (χ1n) is 8.69. The molecular formula is C17H21N5O3S. The molecule has 0 bridgehead atoms. The molecule has 1 atom stereocenters. The number of aryl methyl sites for hydroxylation is 2. The molecule has 0 N–H and O–H groups in total. The number of imidazole rings is 1. The van der Waals surface area contributed by atoms with Crippen LogP contribution in [0.25, 0.3) is 11.1 Å². The first kappa shape index (κ1) is 17.2. The summed E-state index contributed by atoms with van der Waals surface area (Å²) < 4.78 is 34.6. The molecule has 0 saturated carbocycles. The van der Waals surface area contributed by atoms with Crippen molar-refractivity contribution >= 4 is 21.1 Å². The van der Waals surface area contributed by atoms with E-state index in [1.54, 1.807) is 19.3 Å². The van der Waals surface area contributed by atoms with Crippen LogP contribution < -0.4 is 0 Å². The summed E-state index contributed by atoms with van der Waals surface area (Å²) in [5.74, 6) is 1.33. The van der Waals surface area contributed by atoms with Crippen LogP contribution >= 0.6 is 0 Å². The zero-order valence-corrected chi connectivity index (χ0v) is 15.6. The summed E-state index contributed by atoms with van der Waals surface area (Å²) in [6, 6.07) is 1.61. The van der Waals surface area contributed by atoms with E-state index in [1.165, 1.54) is 10.5 Å². The minimum Gasteiger partial charge on any atom is -0.336 e. The van der Waals surface area contributed by atoms with Gasteiger partial charge in [-0.25, -0.2) is 22.7 Å². The van der Waals surface area contributed by atoms with Crippen LogP contribution in [-0.4, -0.2) is 46.0 Å². The summed E-state index contributed by atoms with van der Waals surface area (Å²) in [5.41, 5.74) is 1.08. The molecule has 1 aliphatic heterocycles. The van der Waals surface area contributed by atoms with Crippen LogP contribution in [-0.2, 0) is 29.4 Å². The van der Waals surface area contributed by atoms with Crippen molar-refractivity contribution in [3.05, 3.63) is 36.2 Å². The van der Waals surface area contributed by atoms with E-state index < -0.39 is 10.0 Å². The molecule has 0 amide bonds. The molecule has 8 nitrogen and oxygen atoms in total. The van der Waals surface area contributed by atoms with Crippen molar-refractivity contribution in [1.29, 1.82) is 0 Å². The van der Waals surface area contributed by atoms with Gasteiger partial charge in [-0.1, -0.05) is 12.1 Å². The lowest BCUT2D eigenvalue weighted by atomic mass is 10.00. The van der Waals surface area contributed by atoms with Crippen molar-refractivity contribution in [3.8, 4) is 0 Å². The van der Waals surface area contributed by atoms with Crippen LogP contribution in [0.2, 0.25) is 0 Å². The van der Waals surface area contributed by atoms with Gasteiger partial charge in [-0.2, -0.15) is 0 Å². The number of hydrogen-bond acceptors (Lipinski definition) is 6. The SMILES string of the molecule is CCc1noc2ncc(S(=O)(=O)N(C)CC3CCc4nccn4C3)cc12. The van der Waals surface area contributed by atoms with E-state index in [4.69, 9.17) is 4.52 Å². The molecule has 3 aromatic rings. The molecule has 1 unspecified atom stereocenters. The maximum Gasteiger partial charge on any atom is 0.258 e. The lowest BCUT2D eigenvalue weighted by molar-refractivity contribution is 0.303. The van der Waals surface area contributed by atoms with Gasteiger partial charge in [0.15, 0.2) is 0 Å². The van der Waals surface area contributed by atoms with Crippen molar-refractivity contribution < 1.29 is 12.9 Å². The third kappa shape index (κ3) is 2.90. The van der Waals surface area contributed by atoms with Crippen LogP contribution in [0.4, 0.5) is 0 Å². The average Bonchev–Trinajstić information content (AvgIpc) is 3.26. The predicted molar refractivity (Wildman–Crippen MR) is 95.0 cm³/mol. The molecular weight excluding hydrogens is 354 g/mol. The Morgan fingerprint density at radius 2 is 2.23 bits per heavy atom. The zero-order valence-electron chi connectivity index (χ0n) is 14.8. The van der Waals surface area contributed by atoms with E-state index in [1.807, 2.05) is 13.1 Å². The Balaban J connectivity index is 1.56. The second kappa shape index (κ2) is 6.48. The maximum absolute atomic E-state index is 13.0. The molecule has 0 spiro atoms. The van der Waals surface area contributed by atoms with Crippen molar-refractivity contribution in [3.63, 3.8) is 0 Å². The fourth-order valence-corrected chi connectivity index (χ4v) is 4.70. The van der Waals surface area contributed by atoms with E-state index in [2.05, 4.69) is 19.7 Å². The number of rotatable bonds is 5. The molecule has 0 radical (unpaired) electrons. The average molecular weight is 375 g/mol. The fourth-order valence-electron chi connectivity index (χ4n) is 3.48. The summed E-state index contributed by atoms with van der Waals surface area (Å²) in [5, 5.41) is 4.59. The summed E-state index contributed by atoms with van der Waals surface area (Å²) in [7, 11) is -2.00. The first-order valence-corrected chi connectivity index (χ1v) is 10.1. The van der Waals surface area contributed by atoms with Crippen LogP contribution in [0.1, 0.15) is 24.9 Å². The fraction of sp³-hybridized carbons (Fsp3) is 0.471. The second-order valence-corrected chi connectivity index (χ2v) is 8.74. The summed E-state index contributed by atoms with van der Waals surface area (Å²) in [6.07, 6.45) is 7.55. The third-order valence-electron chi connectivity index (χ3n) is 4.97. The minimum atomic E-state index is -3.62. The molecule has 4 heterocycles. The van der Waals surface area contributed by atoms with Gasteiger partial charge < -0.3 is 9.09 Å². The number of nitrogens with zero attached hydrogens (tertiary/aromatic N) is 5. The van der Waals surface area contributed by atoms with E-state index >= 15 is 0 Å². The highest BCUT2D eigenvalue weighted by Gasteiger charge is 2.27. The van der Waals surface area contributed by atoms with Crippen LogP contribution in [0.15, 0.2) is 34.1 Å². The molecule has 0 aromatic carbocycles. The largest absolute Gasteiger partial charge is 0.336 e. The van der Waals surface area contributed by atoms with Gasteiger partial charge in [0, 0.05) is 39.0 Å². The highest BCUT2D eigenvalue weighted by atomic mass is 32.2. The van der Waals surface area contributed by atoms with Crippen molar-refractivity contribution in [2.45, 2.75) is 37.6 Å². The topological polar surface area (TPSA) is 94.1 Å². The maximum atomic E-state index is 13.0. The molecule has 0 fully saturated rings. The summed E-state index contributed by atoms with van der Waals surface area (Å²) in [4.78, 5) is 8.61.